The van der Waals surface area contributed by atoms with Crippen LogP contribution in [0.4, 0.5) is 0 Å². The van der Waals surface area contributed by atoms with Crippen LogP contribution in [0, 0.1) is 0 Å². The number of hydrogen-bond acceptors (Lipinski definition) is 2. The van der Waals surface area contributed by atoms with Gasteiger partial charge in [-0.15, -0.1) is 0 Å². The molecule has 1 aromatic rings. The Bertz CT molecular complexity index is 284. The van der Waals surface area contributed by atoms with Gasteiger partial charge in [0.2, 0.25) is 0 Å². The fourth-order valence-electron chi connectivity index (χ4n) is 0.918. The molecule has 3 heteroatoms. The summed E-state index contributed by atoms with van der Waals surface area (Å²) < 4.78 is 10.1. The molecule has 0 heterocycles. The van der Waals surface area contributed by atoms with Crippen molar-refractivity contribution in [1.82, 2.24) is 0 Å². The van der Waals surface area contributed by atoms with Crippen molar-refractivity contribution in [1.29, 1.82) is 0 Å². The summed E-state index contributed by atoms with van der Waals surface area (Å²) in [6.45, 7) is 0. The second-order valence-electron chi connectivity index (χ2n) is 2.36. The van der Waals surface area contributed by atoms with E-state index in [1.54, 1.807) is 13.4 Å². The van der Waals surface area contributed by atoms with Crippen LogP contribution in [-0.4, -0.2) is 12.6 Å². The molecule has 0 atom stereocenters. The second-order valence-corrected chi connectivity index (χ2v) is 2.82. The summed E-state index contributed by atoms with van der Waals surface area (Å²) in [6, 6.07) is 7.77. The predicted molar refractivity (Wildman–Crippen MR) is 56.9 cm³/mol. The first-order chi connectivity index (χ1) is 6.36. The maximum Gasteiger partial charge on any atom is 0.143 e. The Hall–Kier alpha value is -0.960. The molecular formula is C10H11BrO2. The minimum Gasteiger partial charge on any atom is -0.504 e. The van der Waals surface area contributed by atoms with Crippen molar-refractivity contribution in [2.24, 2.45) is 0 Å². The van der Waals surface area contributed by atoms with Gasteiger partial charge in [0.25, 0.3) is 0 Å². The summed E-state index contributed by atoms with van der Waals surface area (Å²) in [7, 11) is 1.62. The first-order valence-electron chi connectivity index (χ1n) is 3.85. The number of ether oxygens (including phenoxy) is 2. The molecule has 0 spiro atoms. The van der Waals surface area contributed by atoms with Gasteiger partial charge in [0.05, 0.1) is 13.4 Å². The van der Waals surface area contributed by atoms with Crippen LogP contribution >= 0.6 is 15.9 Å². The van der Waals surface area contributed by atoms with E-state index in [0.717, 1.165) is 11.3 Å². The Morgan fingerprint density at radius 2 is 2.31 bits per heavy atom. The number of hydrogen-bond donors (Lipinski definition) is 0. The third-order valence-corrected chi connectivity index (χ3v) is 1.70. The zero-order valence-electron chi connectivity index (χ0n) is 7.37. The number of rotatable bonds is 4. The molecule has 13 heavy (non-hydrogen) atoms. The Kier molecular flexibility index (Phi) is 4.40. The number of benzene rings is 1. The van der Waals surface area contributed by atoms with E-state index in [4.69, 9.17) is 9.47 Å². The van der Waals surface area contributed by atoms with E-state index < -0.39 is 0 Å². The van der Waals surface area contributed by atoms with Crippen molar-refractivity contribution in [3.05, 3.63) is 36.1 Å². The third-order valence-electron chi connectivity index (χ3n) is 1.48. The molecule has 0 aliphatic carbocycles. The highest BCUT2D eigenvalue weighted by Gasteiger charge is 1.92. The molecule has 0 aliphatic rings. The fraction of sp³-hybridized carbons (Fsp3) is 0.200. The Morgan fingerprint density at radius 3 is 3.00 bits per heavy atom. The van der Waals surface area contributed by atoms with Gasteiger partial charge in [-0.05, 0) is 39.7 Å². The normalized spacial score (nSPS) is 10.3. The van der Waals surface area contributed by atoms with Crippen molar-refractivity contribution in [2.75, 3.05) is 12.6 Å². The third kappa shape index (κ3) is 3.51. The van der Waals surface area contributed by atoms with Gasteiger partial charge in [-0.1, -0.05) is 12.1 Å². The quantitative estimate of drug-likeness (QED) is 0.597. The SMILES string of the molecule is CO/C=C/c1cccc(OCBr)c1. The van der Waals surface area contributed by atoms with Crippen LogP contribution < -0.4 is 4.74 Å². The molecule has 0 fully saturated rings. The van der Waals surface area contributed by atoms with Crippen molar-refractivity contribution >= 4 is 22.0 Å². The lowest BCUT2D eigenvalue weighted by Gasteiger charge is -2.01. The predicted octanol–water partition coefficient (Wildman–Crippen LogP) is 3.03. The van der Waals surface area contributed by atoms with Gasteiger partial charge in [0, 0.05) is 0 Å². The first kappa shape index (κ1) is 10.1. The smallest absolute Gasteiger partial charge is 0.143 e. The zero-order chi connectivity index (χ0) is 9.52. The molecule has 0 aliphatic heterocycles. The molecule has 0 amide bonds. The largest absolute Gasteiger partial charge is 0.504 e. The van der Waals surface area contributed by atoms with E-state index in [2.05, 4.69) is 15.9 Å². The zero-order valence-corrected chi connectivity index (χ0v) is 8.95. The van der Waals surface area contributed by atoms with E-state index in [1.165, 1.54) is 0 Å². The van der Waals surface area contributed by atoms with Gasteiger partial charge >= 0.3 is 0 Å². The summed E-state index contributed by atoms with van der Waals surface area (Å²) in [4.78, 5) is 0. The number of methoxy groups -OCH3 is 1. The second kappa shape index (κ2) is 5.65. The average Bonchev–Trinajstić information content (AvgIpc) is 2.16. The molecule has 1 aromatic carbocycles. The Labute approximate surface area is 86.3 Å². The van der Waals surface area contributed by atoms with E-state index >= 15 is 0 Å². The molecule has 0 saturated carbocycles. The standard InChI is InChI=1S/C10H11BrO2/c1-12-6-5-9-3-2-4-10(7-9)13-8-11/h2-7H,8H2,1H3/b6-5+. The maximum absolute atomic E-state index is 5.27. The lowest BCUT2D eigenvalue weighted by atomic mass is 10.2. The molecule has 0 unspecified atom stereocenters. The summed E-state index contributed by atoms with van der Waals surface area (Å²) in [5.74, 6) is 0.843. The van der Waals surface area contributed by atoms with Crippen molar-refractivity contribution in [3.8, 4) is 5.75 Å². The fourth-order valence-corrected chi connectivity index (χ4v) is 1.18. The molecule has 1 rings (SSSR count). The van der Waals surface area contributed by atoms with Gasteiger partial charge in [-0.2, -0.15) is 0 Å². The maximum atomic E-state index is 5.27. The van der Waals surface area contributed by atoms with Gasteiger partial charge in [-0.25, -0.2) is 0 Å². The number of alkyl halides is 1. The minimum atomic E-state index is 0.504. The van der Waals surface area contributed by atoms with E-state index in [-0.39, 0.29) is 0 Å². The van der Waals surface area contributed by atoms with Gasteiger partial charge in [0.1, 0.15) is 11.3 Å². The molecule has 2 nitrogen and oxygen atoms in total. The summed E-state index contributed by atoms with van der Waals surface area (Å²) in [5.41, 5.74) is 1.56. The van der Waals surface area contributed by atoms with Crippen LogP contribution in [0.5, 0.6) is 5.75 Å². The van der Waals surface area contributed by atoms with E-state index in [1.807, 2.05) is 30.3 Å². The molecule has 0 radical (unpaired) electrons. The highest BCUT2D eigenvalue weighted by molar-refractivity contribution is 9.09. The number of halogens is 1. The van der Waals surface area contributed by atoms with Crippen LogP contribution in [0.2, 0.25) is 0 Å². The van der Waals surface area contributed by atoms with Crippen LogP contribution in [0.1, 0.15) is 5.56 Å². The van der Waals surface area contributed by atoms with Crippen molar-refractivity contribution < 1.29 is 9.47 Å². The highest BCUT2D eigenvalue weighted by atomic mass is 79.9. The monoisotopic (exact) mass is 242 g/mol. The highest BCUT2D eigenvalue weighted by Crippen LogP contribution is 2.14. The minimum absolute atomic E-state index is 0.504. The van der Waals surface area contributed by atoms with Crippen LogP contribution in [0.25, 0.3) is 6.08 Å². The molecule has 0 N–H and O–H groups in total. The molecule has 0 aromatic heterocycles. The molecular weight excluding hydrogens is 232 g/mol. The van der Waals surface area contributed by atoms with Gasteiger partial charge < -0.3 is 9.47 Å². The summed E-state index contributed by atoms with van der Waals surface area (Å²) in [5, 5.41) is 0. The van der Waals surface area contributed by atoms with Gasteiger partial charge in [-0.3, -0.25) is 0 Å². The molecule has 0 bridgehead atoms. The Morgan fingerprint density at radius 1 is 1.46 bits per heavy atom. The lowest BCUT2D eigenvalue weighted by molar-refractivity contribution is 0.341. The van der Waals surface area contributed by atoms with Crippen LogP contribution in [0.15, 0.2) is 30.5 Å². The van der Waals surface area contributed by atoms with Crippen LogP contribution in [-0.2, 0) is 4.74 Å². The topological polar surface area (TPSA) is 18.5 Å². The first-order valence-corrected chi connectivity index (χ1v) is 4.97. The van der Waals surface area contributed by atoms with Crippen LogP contribution in [0.3, 0.4) is 0 Å². The summed E-state index contributed by atoms with van der Waals surface area (Å²) >= 11 is 3.20. The van der Waals surface area contributed by atoms with E-state index in [0.29, 0.717) is 5.52 Å². The Balaban J connectivity index is 2.73. The van der Waals surface area contributed by atoms with Crippen molar-refractivity contribution in [2.45, 2.75) is 0 Å². The molecule has 70 valence electrons. The average molecular weight is 243 g/mol. The summed E-state index contributed by atoms with van der Waals surface area (Å²) in [6.07, 6.45) is 3.51. The molecule has 0 saturated heterocycles. The van der Waals surface area contributed by atoms with Gasteiger partial charge in [0.15, 0.2) is 0 Å². The lowest BCUT2D eigenvalue weighted by Crippen LogP contribution is -1.87. The van der Waals surface area contributed by atoms with E-state index in [9.17, 15) is 0 Å². The van der Waals surface area contributed by atoms with Crippen molar-refractivity contribution in [3.63, 3.8) is 0 Å².